The molecule has 1 aliphatic carbocycles. The number of hydrogen-bond donors (Lipinski definition) is 0. The van der Waals surface area contributed by atoms with E-state index in [4.69, 9.17) is 0 Å². The van der Waals surface area contributed by atoms with Crippen molar-refractivity contribution in [1.82, 2.24) is 0 Å². The van der Waals surface area contributed by atoms with Crippen LogP contribution in [0.1, 0.15) is 12.8 Å². The molecule has 0 unspecified atom stereocenters. The summed E-state index contributed by atoms with van der Waals surface area (Å²) in [5.41, 5.74) is 0. The van der Waals surface area contributed by atoms with Gasteiger partial charge in [-0.2, -0.15) is 12.8 Å². The Hall–Kier alpha value is -1.16. The maximum atomic E-state index is 11.6. The third-order valence-corrected chi connectivity index (χ3v) is 3.34. The lowest BCUT2D eigenvalue weighted by Crippen LogP contribution is -1.97. The molecule has 4 heteroatoms. The Balaban J connectivity index is 2.23. The first-order valence-corrected chi connectivity index (χ1v) is 5.98. The summed E-state index contributed by atoms with van der Waals surface area (Å²) in [4.78, 5) is 0.261. The third-order valence-electron chi connectivity index (χ3n) is 2.07. The van der Waals surface area contributed by atoms with E-state index in [9.17, 15) is 8.42 Å². The third kappa shape index (κ3) is 2.20. The molecule has 1 fully saturated rings. The van der Waals surface area contributed by atoms with Crippen LogP contribution in [0.15, 0.2) is 39.6 Å². The second kappa shape index (κ2) is 3.53. The van der Waals surface area contributed by atoms with Crippen LogP contribution in [0.3, 0.4) is 0 Å². The van der Waals surface area contributed by atoms with Gasteiger partial charge in [0.25, 0.3) is 10.0 Å². The zero-order chi connectivity index (χ0) is 10.0. The van der Waals surface area contributed by atoms with Gasteiger partial charge in [-0.15, -0.1) is 0 Å². The van der Waals surface area contributed by atoms with E-state index in [1.54, 1.807) is 36.5 Å². The Morgan fingerprint density at radius 1 is 1.21 bits per heavy atom. The van der Waals surface area contributed by atoms with Gasteiger partial charge in [-0.3, -0.25) is 0 Å². The Labute approximate surface area is 83.5 Å². The SMILES string of the molecule is O=S(=O)(/N=C\C1CC1)c1ccccc1. The summed E-state index contributed by atoms with van der Waals surface area (Å²) in [6, 6.07) is 8.28. The molecule has 0 N–H and O–H groups in total. The van der Waals surface area contributed by atoms with Gasteiger partial charge in [0.2, 0.25) is 0 Å². The van der Waals surface area contributed by atoms with Crippen LogP contribution in [0.4, 0.5) is 0 Å². The fourth-order valence-corrected chi connectivity index (χ4v) is 2.02. The molecule has 2 rings (SSSR count). The molecule has 0 aliphatic heterocycles. The predicted molar refractivity (Wildman–Crippen MR) is 54.8 cm³/mol. The van der Waals surface area contributed by atoms with Crippen molar-refractivity contribution in [2.75, 3.05) is 0 Å². The molecule has 0 saturated heterocycles. The van der Waals surface area contributed by atoms with Crippen molar-refractivity contribution in [3.63, 3.8) is 0 Å². The zero-order valence-corrected chi connectivity index (χ0v) is 8.44. The first kappa shape index (κ1) is 9.40. The zero-order valence-electron chi connectivity index (χ0n) is 7.63. The Morgan fingerprint density at radius 3 is 2.43 bits per heavy atom. The van der Waals surface area contributed by atoms with Crippen LogP contribution < -0.4 is 0 Å². The van der Waals surface area contributed by atoms with Crippen molar-refractivity contribution >= 4 is 16.2 Å². The lowest BCUT2D eigenvalue weighted by Gasteiger charge is -1.96. The maximum Gasteiger partial charge on any atom is 0.281 e. The van der Waals surface area contributed by atoms with Crippen molar-refractivity contribution < 1.29 is 8.42 Å². The highest BCUT2D eigenvalue weighted by Crippen LogP contribution is 2.27. The number of rotatable bonds is 3. The van der Waals surface area contributed by atoms with E-state index >= 15 is 0 Å². The molecule has 3 nitrogen and oxygen atoms in total. The second-order valence-electron chi connectivity index (χ2n) is 3.38. The minimum absolute atomic E-state index is 0.261. The van der Waals surface area contributed by atoms with Crippen molar-refractivity contribution in [2.45, 2.75) is 17.7 Å². The number of hydrogen-bond acceptors (Lipinski definition) is 2. The van der Waals surface area contributed by atoms with Gasteiger partial charge in [-0.25, -0.2) is 0 Å². The lowest BCUT2D eigenvalue weighted by atomic mass is 10.4. The maximum absolute atomic E-state index is 11.6. The highest BCUT2D eigenvalue weighted by molar-refractivity contribution is 7.90. The van der Waals surface area contributed by atoms with Crippen LogP contribution >= 0.6 is 0 Å². The van der Waals surface area contributed by atoms with Crippen molar-refractivity contribution in [2.24, 2.45) is 10.3 Å². The van der Waals surface area contributed by atoms with Crippen LogP contribution in [0.2, 0.25) is 0 Å². The minimum Gasteiger partial charge on any atom is -0.199 e. The lowest BCUT2D eigenvalue weighted by molar-refractivity contribution is 0.598. The molecule has 0 spiro atoms. The second-order valence-corrected chi connectivity index (χ2v) is 5.01. The summed E-state index contributed by atoms with van der Waals surface area (Å²) in [7, 11) is -3.45. The van der Waals surface area contributed by atoms with Gasteiger partial charge in [0.15, 0.2) is 0 Å². The Kier molecular flexibility index (Phi) is 2.37. The van der Waals surface area contributed by atoms with Crippen molar-refractivity contribution in [3.8, 4) is 0 Å². The van der Waals surface area contributed by atoms with Gasteiger partial charge in [0, 0.05) is 6.21 Å². The van der Waals surface area contributed by atoms with Crippen molar-refractivity contribution in [1.29, 1.82) is 0 Å². The molecule has 0 radical (unpaired) electrons. The highest BCUT2D eigenvalue weighted by atomic mass is 32.2. The van der Waals surface area contributed by atoms with E-state index in [0.717, 1.165) is 12.8 Å². The van der Waals surface area contributed by atoms with E-state index in [1.165, 1.54) is 0 Å². The highest BCUT2D eigenvalue weighted by Gasteiger charge is 2.20. The van der Waals surface area contributed by atoms with E-state index in [0.29, 0.717) is 5.92 Å². The van der Waals surface area contributed by atoms with Crippen LogP contribution in [-0.2, 0) is 10.0 Å². The van der Waals surface area contributed by atoms with Gasteiger partial charge in [0.1, 0.15) is 0 Å². The van der Waals surface area contributed by atoms with Gasteiger partial charge >= 0.3 is 0 Å². The molecule has 1 aromatic rings. The molecule has 0 aromatic heterocycles. The molecule has 74 valence electrons. The molecule has 1 aromatic carbocycles. The molecule has 1 aliphatic rings. The first-order chi connectivity index (χ1) is 6.68. The standard InChI is InChI=1S/C10H11NO2S/c12-14(13,11-8-9-6-7-9)10-4-2-1-3-5-10/h1-5,8-9H,6-7H2/b11-8-. The normalized spacial score (nSPS) is 17.4. The molecular formula is C10H11NO2S. The quantitative estimate of drug-likeness (QED) is 0.713. The topological polar surface area (TPSA) is 46.5 Å². The Bertz CT molecular complexity index is 432. The average molecular weight is 209 g/mol. The summed E-state index contributed by atoms with van der Waals surface area (Å²) in [6.07, 6.45) is 3.67. The summed E-state index contributed by atoms with van der Waals surface area (Å²) >= 11 is 0. The van der Waals surface area contributed by atoms with Crippen LogP contribution in [0, 0.1) is 5.92 Å². The summed E-state index contributed by atoms with van der Waals surface area (Å²) in [5, 5.41) is 0. The fraction of sp³-hybridized carbons (Fsp3) is 0.300. The van der Waals surface area contributed by atoms with E-state index in [1.807, 2.05) is 0 Å². The van der Waals surface area contributed by atoms with Crippen LogP contribution in [0.5, 0.6) is 0 Å². The summed E-state index contributed by atoms with van der Waals surface area (Å²) in [6.45, 7) is 0. The van der Waals surface area contributed by atoms with Gasteiger partial charge in [-0.05, 0) is 30.9 Å². The smallest absolute Gasteiger partial charge is 0.199 e. The van der Waals surface area contributed by atoms with E-state index in [2.05, 4.69) is 4.40 Å². The molecule has 0 atom stereocenters. The minimum atomic E-state index is -3.45. The molecule has 14 heavy (non-hydrogen) atoms. The van der Waals surface area contributed by atoms with E-state index < -0.39 is 10.0 Å². The Morgan fingerprint density at radius 2 is 1.86 bits per heavy atom. The van der Waals surface area contributed by atoms with Gasteiger partial charge in [0.05, 0.1) is 4.90 Å². The van der Waals surface area contributed by atoms with E-state index in [-0.39, 0.29) is 4.90 Å². The largest absolute Gasteiger partial charge is 0.281 e. The number of sulfonamides is 1. The molecule has 0 bridgehead atoms. The molecule has 1 saturated carbocycles. The molecule has 0 heterocycles. The van der Waals surface area contributed by atoms with Crippen molar-refractivity contribution in [3.05, 3.63) is 30.3 Å². The fourth-order valence-electron chi connectivity index (χ4n) is 1.06. The monoisotopic (exact) mass is 209 g/mol. The number of benzene rings is 1. The van der Waals surface area contributed by atoms with Crippen LogP contribution in [0.25, 0.3) is 0 Å². The van der Waals surface area contributed by atoms with Gasteiger partial charge < -0.3 is 0 Å². The van der Waals surface area contributed by atoms with Crippen LogP contribution in [-0.4, -0.2) is 14.6 Å². The first-order valence-electron chi connectivity index (χ1n) is 4.54. The molecule has 0 amide bonds. The average Bonchev–Trinajstić information content (AvgIpc) is 3.00. The number of nitrogens with zero attached hydrogens (tertiary/aromatic N) is 1. The summed E-state index contributed by atoms with van der Waals surface area (Å²) in [5.74, 6) is 0.383. The van der Waals surface area contributed by atoms with Gasteiger partial charge in [-0.1, -0.05) is 18.2 Å². The molecular weight excluding hydrogens is 198 g/mol. The summed E-state index contributed by atoms with van der Waals surface area (Å²) < 4.78 is 26.8. The predicted octanol–water partition coefficient (Wildman–Crippen LogP) is 1.86.